The summed E-state index contributed by atoms with van der Waals surface area (Å²) in [4.78, 5) is 33.3. The van der Waals surface area contributed by atoms with Crippen LogP contribution in [-0.4, -0.2) is 46.0 Å². The Hall–Kier alpha value is -2.70. The topological polar surface area (TPSA) is 88.3 Å². The molecule has 2 amide bonds. The van der Waals surface area contributed by atoms with E-state index in [2.05, 4.69) is 15.5 Å². The van der Waals surface area contributed by atoms with Crippen molar-refractivity contribution in [1.29, 1.82) is 0 Å². The molecule has 32 heavy (non-hydrogen) atoms. The van der Waals surface area contributed by atoms with Crippen LogP contribution in [-0.2, 0) is 4.79 Å². The van der Waals surface area contributed by atoms with E-state index in [0.717, 1.165) is 31.2 Å². The molecule has 3 atom stereocenters. The molecular formula is C25H34N4O3. The van der Waals surface area contributed by atoms with Gasteiger partial charge in [0.05, 0.1) is 5.92 Å². The minimum atomic E-state index is -0.277. The maximum Gasteiger partial charge on any atom is 0.254 e. The molecule has 7 heteroatoms. The number of aromatic nitrogens is 2. The average molecular weight is 439 g/mol. The van der Waals surface area contributed by atoms with Crippen LogP contribution in [0.25, 0.3) is 0 Å². The molecule has 2 fully saturated rings. The summed E-state index contributed by atoms with van der Waals surface area (Å²) in [6.45, 7) is 7.41. The van der Waals surface area contributed by atoms with E-state index in [9.17, 15) is 9.59 Å². The molecule has 2 aromatic rings. The van der Waals surface area contributed by atoms with Gasteiger partial charge < -0.3 is 14.7 Å². The first-order valence-corrected chi connectivity index (χ1v) is 11.9. The highest BCUT2D eigenvalue weighted by Crippen LogP contribution is 2.41. The summed E-state index contributed by atoms with van der Waals surface area (Å²) in [5.74, 6) is 1.19. The molecule has 0 bridgehead atoms. The third-order valence-electron chi connectivity index (χ3n) is 6.74. The van der Waals surface area contributed by atoms with Crippen molar-refractivity contribution in [2.75, 3.05) is 13.1 Å². The number of carbonyl (C=O) groups is 2. The van der Waals surface area contributed by atoms with Gasteiger partial charge in [-0.25, -0.2) is 0 Å². The number of fused-ring (bicyclic) bond motifs is 1. The Morgan fingerprint density at radius 3 is 2.75 bits per heavy atom. The van der Waals surface area contributed by atoms with Crippen LogP contribution >= 0.6 is 0 Å². The number of carbonyl (C=O) groups excluding carboxylic acids is 2. The van der Waals surface area contributed by atoms with Crippen molar-refractivity contribution in [3.8, 4) is 0 Å². The lowest BCUT2D eigenvalue weighted by molar-refractivity contribution is -0.126. The molecule has 2 heterocycles. The van der Waals surface area contributed by atoms with Gasteiger partial charge in [0.25, 0.3) is 5.91 Å². The first-order chi connectivity index (χ1) is 15.4. The van der Waals surface area contributed by atoms with Crippen LogP contribution in [0.5, 0.6) is 0 Å². The van der Waals surface area contributed by atoms with E-state index >= 15 is 0 Å². The van der Waals surface area contributed by atoms with Gasteiger partial charge in [-0.2, -0.15) is 4.98 Å². The predicted octanol–water partition coefficient (Wildman–Crippen LogP) is 4.20. The maximum atomic E-state index is 13.6. The Morgan fingerprint density at radius 1 is 1.19 bits per heavy atom. The normalized spacial score (nSPS) is 24.7. The van der Waals surface area contributed by atoms with Crippen molar-refractivity contribution in [2.24, 2.45) is 5.92 Å². The molecular weight excluding hydrogens is 404 g/mol. The summed E-state index contributed by atoms with van der Waals surface area (Å²) in [6, 6.07) is 7.53. The molecule has 1 aromatic heterocycles. The van der Waals surface area contributed by atoms with Gasteiger partial charge in [0, 0.05) is 36.5 Å². The van der Waals surface area contributed by atoms with Gasteiger partial charge in [0.15, 0.2) is 5.82 Å². The second-order valence-electron chi connectivity index (χ2n) is 9.56. The van der Waals surface area contributed by atoms with Crippen LogP contribution < -0.4 is 5.32 Å². The molecule has 1 aromatic carbocycles. The first-order valence-electron chi connectivity index (χ1n) is 11.9. The monoisotopic (exact) mass is 438 g/mol. The molecule has 2 aliphatic rings. The van der Waals surface area contributed by atoms with Gasteiger partial charge in [0.2, 0.25) is 11.8 Å². The van der Waals surface area contributed by atoms with Gasteiger partial charge in [-0.15, -0.1) is 0 Å². The fourth-order valence-electron chi connectivity index (χ4n) is 4.96. The van der Waals surface area contributed by atoms with Crippen LogP contribution in [0, 0.1) is 12.8 Å². The van der Waals surface area contributed by atoms with E-state index in [-0.39, 0.29) is 35.6 Å². The van der Waals surface area contributed by atoms with Gasteiger partial charge in [0.1, 0.15) is 0 Å². The third kappa shape index (κ3) is 4.87. The van der Waals surface area contributed by atoms with E-state index in [0.29, 0.717) is 43.2 Å². The Kier molecular flexibility index (Phi) is 6.92. The maximum absolute atomic E-state index is 13.6. The van der Waals surface area contributed by atoms with E-state index < -0.39 is 0 Å². The summed E-state index contributed by atoms with van der Waals surface area (Å²) in [5, 5.41) is 7.23. The number of nitrogens with zero attached hydrogens (tertiary/aromatic N) is 3. The van der Waals surface area contributed by atoms with E-state index in [4.69, 9.17) is 4.52 Å². The summed E-state index contributed by atoms with van der Waals surface area (Å²) in [7, 11) is 0. The highest BCUT2D eigenvalue weighted by atomic mass is 16.5. The summed E-state index contributed by atoms with van der Waals surface area (Å²) < 4.78 is 5.58. The van der Waals surface area contributed by atoms with Gasteiger partial charge >= 0.3 is 0 Å². The van der Waals surface area contributed by atoms with Crippen molar-refractivity contribution in [1.82, 2.24) is 20.4 Å². The second-order valence-corrected chi connectivity index (χ2v) is 9.56. The Labute approximate surface area is 189 Å². The van der Waals surface area contributed by atoms with E-state index in [1.165, 1.54) is 0 Å². The highest BCUT2D eigenvalue weighted by molar-refractivity contribution is 5.95. The molecule has 1 aliphatic heterocycles. The lowest BCUT2D eigenvalue weighted by Gasteiger charge is -2.32. The molecule has 1 saturated carbocycles. The Balaban J connectivity index is 1.65. The van der Waals surface area contributed by atoms with Crippen LogP contribution in [0.4, 0.5) is 0 Å². The van der Waals surface area contributed by atoms with Crippen LogP contribution in [0.15, 0.2) is 28.8 Å². The van der Waals surface area contributed by atoms with Gasteiger partial charge in [-0.3, -0.25) is 9.59 Å². The average Bonchev–Trinajstić information content (AvgIpc) is 3.42. The van der Waals surface area contributed by atoms with Crippen LogP contribution in [0.3, 0.4) is 0 Å². The van der Waals surface area contributed by atoms with Gasteiger partial charge in [-0.1, -0.05) is 49.5 Å². The quantitative estimate of drug-likeness (QED) is 0.776. The standard InChI is InChI=1S/C25H34N4O3/c1-16(2)22-27-24(32-28-22)19-14-20-21(15-19)29(12-7-5-4-6-11-26-23(20)30)25(31)18-10-8-9-17(3)13-18/h8-10,13,16,19-21H,4-7,11-12,14-15H2,1-3H3,(H,26,30). The molecule has 172 valence electrons. The highest BCUT2D eigenvalue weighted by Gasteiger charge is 2.45. The van der Waals surface area contributed by atoms with Crippen molar-refractivity contribution >= 4 is 11.8 Å². The van der Waals surface area contributed by atoms with Crippen LogP contribution in [0.1, 0.15) is 91.8 Å². The lowest BCUT2D eigenvalue weighted by Crippen LogP contribution is -2.47. The van der Waals surface area contributed by atoms with Crippen molar-refractivity contribution in [3.05, 3.63) is 47.1 Å². The fourth-order valence-corrected chi connectivity index (χ4v) is 4.96. The molecule has 0 radical (unpaired) electrons. The first kappa shape index (κ1) is 22.5. The minimum Gasteiger partial charge on any atom is -0.356 e. The molecule has 1 aliphatic carbocycles. The fraction of sp³-hybridized carbons (Fsp3) is 0.600. The van der Waals surface area contributed by atoms with Crippen molar-refractivity contribution in [3.63, 3.8) is 0 Å². The molecule has 0 spiro atoms. The predicted molar refractivity (Wildman–Crippen MR) is 121 cm³/mol. The number of aryl methyl sites for hydroxylation is 1. The molecule has 7 nitrogen and oxygen atoms in total. The molecule has 1 saturated heterocycles. The van der Waals surface area contributed by atoms with E-state index in [1.807, 2.05) is 49.9 Å². The number of nitrogens with one attached hydrogen (secondary N) is 1. The number of benzene rings is 1. The number of rotatable bonds is 3. The van der Waals surface area contributed by atoms with Crippen LogP contribution in [0.2, 0.25) is 0 Å². The zero-order valence-electron chi connectivity index (χ0n) is 19.3. The number of hydrogen-bond acceptors (Lipinski definition) is 5. The molecule has 3 unspecified atom stereocenters. The minimum absolute atomic E-state index is 0.00444. The SMILES string of the molecule is Cc1cccc(C(=O)N2CCCCCCNC(=O)C3CC(c4nc(C(C)C)no4)CC32)c1. The van der Waals surface area contributed by atoms with Crippen molar-refractivity contribution in [2.45, 2.75) is 77.2 Å². The van der Waals surface area contributed by atoms with Gasteiger partial charge in [-0.05, 0) is 44.7 Å². The van der Waals surface area contributed by atoms with E-state index in [1.54, 1.807) is 0 Å². The third-order valence-corrected chi connectivity index (χ3v) is 6.74. The largest absolute Gasteiger partial charge is 0.356 e. The summed E-state index contributed by atoms with van der Waals surface area (Å²) >= 11 is 0. The number of amides is 2. The number of hydrogen-bond donors (Lipinski definition) is 1. The second kappa shape index (κ2) is 9.84. The molecule has 4 rings (SSSR count). The lowest BCUT2D eigenvalue weighted by atomic mass is 9.99. The summed E-state index contributed by atoms with van der Waals surface area (Å²) in [5.41, 5.74) is 1.74. The Bertz CT molecular complexity index is 954. The van der Waals surface area contributed by atoms with Crippen molar-refractivity contribution < 1.29 is 14.1 Å². The Morgan fingerprint density at radius 2 is 2.00 bits per heavy atom. The smallest absolute Gasteiger partial charge is 0.254 e. The zero-order chi connectivity index (χ0) is 22.7. The molecule has 1 N–H and O–H groups in total. The zero-order valence-corrected chi connectivity index (χ0v) is 19.3. The summed E-state index contributed by atoms with van der Waals surface area (Å²) in [6.07, 6.45) is 5.31.